The summed E-state index contributed by atoms with van der Waals surface area (Å²) < 4.78 is 4.67. The van der Waals surface area contributed by atoms with E-state index in [0.29, 0.717) is 23.8 Å². The molecule has 1 aliphatic heterocycles. The number of rotatable bonds is 2. The normalized spacial score (nSPS) is 19.0. The second-order valence-electron chi connectivity index (χ2n) is 4.60. The van der Waals surface area contributed by atoms with Gasteiger partial charge in [0, 0.05) is 24.6 Å². The van der Waals surface area contributed by atoms with E-state index in [9.17, 15) is 4.79 Å². The Morgan fingerprint density at radius 1 is 1.59 bits per heavy atom. The van der Waals surface area contributed by atoms with Crippen LogP contribution in [0.2, 0.25) is 0 Å². The molecule has 2 heterocycles. The summed E-state index contributed by atoms with van der Waals surface area (Å²) in [4.78, 5) is 14.3. The number of piperidine rings is 1. The molecule has 0 atom stereocenters. The van der Waals surface area contributed by atoms with E-state index in [-0.39, 0.29) is 11.3 Å². The minimum absolute atomic E-state index is 0.0938. The minimum atomic E-state index is -0.129. The van der Waals surface area contributed by atoms with Gasteiger partial charge in [-0.25, -0.2) is 0 Å². The Morgan fingerprint density at radius 3 is 2.71 bits per heavy atom. The third-order valence-corrected chi connectivity index (χ3v) is 3.90. The molecule has 1 aliphatic rings. The second kappa shape index (κ2) is 4.44. The van der Waals surface area contributed by atoms with Gasteiger partial charge in [0.25, 0.3) is 5.91 Å². The highest BCUT2D eigenvalue weighted by Crippen LogP contribution is 2.31. The molecule has 17 heavy (non-hydrogen) atoms. The van der Waals surface area contributed by atoms with E-state index >= 15 is 0 Å². The lowest BCUT2D eigenvalue weighted by Gasteiger charge is -2.38. The molecular weight excluding hydrogens is 238 g/mol. The zero-order valence-electron chi connectivity index (χ0n) is 9.68. The monoisotopic (exact) mass is 253 g/mol. The van der Waals surface area contributed by atoms with E-state index in [4.69, 9.17) is 18.0 Å². The highest BCUT2D eigenvalue weighted by Gasteiger charge is 2.34. The summed E-state index contributed by atoms with van der Waals surface area (Å²) in [6.07, 6.45) is 2.99. The van der Waals surface area contributed by atoms with Crippen molar-refractivity contribution in [2.45, 2.75) is 19.8 Å². The van der Waals surface area contributed by atoms with E-state index in [1.165, 1.54) is 6.26 Å². The number of aromatic nitrogens is 1. The zero-order chi connectivity index (χ0) is 12.5. The van der Waals surface area contributed by atoms with Crippen molar-refractivity contribution in [3.8, 4) is 0 Å². The minimum Gasteiger partial charge on any atom is -0.393 e. The van der Waals surface area contributed by atoms with Crippen LogP contribution >= 0.6 is 12.2 Å². The summed E-state index contributed by atoms with van der Waals surface area (Å²) in [5.74, 6) is -0.0938. The fraction of sp³-hybridized carbons (Fsp3) is 0.545. The second-order valence-corrected chi connectivity index (χ2v) is 5.04. The van der Waals surface area contributed by atoms with E-state index in [0.717, 1.165) is 12.8 Å². The van der Waals surface area contributed by atoms with Crippen molar-refractivity contribution >= 4 is 23.1 Å². The van der Waals surface area contributed by atoms with E-state index in [1.807, 2.05) is 6.92 Å². The fourth-order valence-corrected chi connectivity index (χ4v) is 2.14. The van der Waals surface area contributed by atoms with Crippen LogP contribution < -0.4 is 5.73 Å². The summed E-state index contributed by atoms with van der Waals surface area (Å²) in [6, 6.07) is 1.57. The Hall–Kier alpha value is -1.43. The van der Waals surface area contributed by atoms with Crippen molar-refractivity contribution in [2.75, 3.05) is 13.1 Å². The molecule has 1 aromatic heterocycles. The third-order valence-electron chi connectivity index (χ3n) is 3.41. The van der Waals surface area contributed by atoms with Crippen LogP contribution in [0.1, 0.15) is 30.3 Å². The first-order valence-corrected chi connectivity index (χ1v) is 5.93. The molecule has 0 saturated carbocycles. The average molecular weight is 253 g/mol. The van der Waals surface area contributed by atoms with E-state index in [1.54, 1.807) is 11.0 Å². The quantitative estimate of drug-likeness (QED) is 0.802. The molecule has 2 N–H and O–H groups in total. The maximum atomic E-state index is 12.0. The Morgan fingerprint density at radius 2 is 2.24 bits per heavy atom. The van der Waals surface area contributed by atoms with Crippen molar-refractivity contribution in [1.82, 2.24) is 10.1 Å². The maximum absolute atomic E-state index is 12.0. The van der Waals surface area contributed by atoms with Gasteiger partial charge in [-0.15, -0.1) is 0 Å². The van der Waals surface area contributed by atoms with Crippen molar-refractivity contribution < 1.29 is 9.32 Å². The molecule has 5 nitrogen and oxygen atoms in total. The topological polar surface area (TPSA) is 72.4 Å². The molecule has 0 unspecified atom stereocenters. The first-order chi connectivity index (χ1) is 8.03. The van der Waals surface area contributed by atoms with Gasteiger partial charge < -0.3 is 15.2 Å². The Balaban J connectivity index is 2.00. The molecule has 0 aliphatic carbocycles. The largest absolute Gasteiger partial charge is 0.393 e. The van der Waals surface area contributed by atoms with Crippen LogP contribution in [0.5, 0.6) is 0 Å². The van der Waals surface area contributed by atoms with Gasteiger partial charge in [-0.1, -0.05) is 24.3 Å². The zero-order valence-corrected chi connectivity index (χ0v) is 10.5. The highest BCUT2D eigenvalue weighted by molar-refractivity contribution is 7.80. The molecule has 0 spiro atoms. The van der Waals surface area contributed by atoms with Gasteiger partial charge in [0.15, 0.2) is 5.69 Å². The Bertz CT molecular complexity index is 422. The summed E-state index contributed by atoms with van der Waals surface area (Å²) in [5, 5.41) is 3.65. The van der Waals surface area contributed by atoms with Crippen LogP contribution in [0.25, 0.3) is 0 Å². The predicted molar refractivity (Wildman–Crippen MR) is 66.5 cm³/mol. The summed E-state index contributed by atoms with van der Waals surface area (Å²) in [7, 11) is 0. The molecule has 1 aromatic rings. The molecule has 92 valence electrons. The van der Waals surface area contributed by atoms with Crippen LogP contribution in [0.15, 0.2) is 16.9 Å². The Labute approximate surface area is 105 Å². The van der Waals surface area contributed by atoms with Crippen LogP contribution in [-0.4, -0.2) is 34.0 Å². The lowest BCUT2D eigenvalue weighted by molar-refractivity contribution is 0.0660. The van der Waals surface area contributed by atoms with Crippen LogP contribution in [0, 0.1) is 5.41 Å². The van der Waals surface area contributed by atoms with E-state index < -0.39 is 0 Å². The molecule has 0 aromatic carbocycles. The smallest absolute Gasteiger partial charge is 0.276 e. The number of carbonyl (C=O) groups is 1. The lowest BCUT2D eigenvalue weighted by Crippen LogP contribution is -2.46. The standard InChI is InChI=1S/C11H15N3O2S/c1-11(10(12)17)3-5-14(6-4-11)9(15)8-2-7-16-13-8/h2,7H,3-6H2,1H3,(H2,12,17). The third kappa shape index (κ3) is 2.31. The predicted octanol–water partition coefficient (Wildman–Crippen LogP) is 1.20. The SMILES string of the molecule is CC1(C(N)=S)CCN(C(=O)c2ccon2)CC1. The average Bonchev–Trinajstić information content (AvgIpc) is 2.82. The van der Waals surface area contributed by atoms with Crippen molar-refractivity contribution in [3.05, 3.63) is 18.0 Å². The number of nitrogens with two attached hydrogens (primary N) is 1. The van der Waals surface area contributed by atoms with Gasteiger partial charge in [0.1, 0.15) is 6.26 Å². The number of likely N-dealkylation sites (tertiary alicyclic amines) is 1. The van der Waals surface area contributed by atoms with Crippen LogP contribution in [-0.2, 0) is 0 Å². The van der Waals surface area contributed by atoms with Gasteiger partial charge in [-0.3, -0.25) is 4.79 Å². The number of hydrogen-bond acceptors (Lipinski definition) is 4. The van der Waals surface area contributed by atoms with Gasteiger partial charge in [-0.05, 0) is 12.8 Å². The van der Waals surface area contributed by atoms with Crippen molar-refractivity contribution in [1.29, 1.82) is 0 Å². The van der Waals surface area contributed by atoms with Gasteiger partial charge >= 0.3 is 0 Å². The number of amides is 1. The maximum Gasteiger partial charge on any atom is 0.276 e. The number of nitrogens with zero attached hydrogens (tertiary/aromatic N) is 2. The van der Waals surface area contributed by atoms with Gasteiger partial charge in [0.2, 0.25) is 0 Å². The first kappa shape index (κ1) is 12.0. The molecule has 6 heteroatoms. The Kier molecular flexibility index (Phi) is 3.15. The van der Waals surface area contributed by atoms with Crippen molar-refractivity contribution in [3.63, 3.8) is 0 Å². The summed E-state index contributed by atoms with van der Waals surface area (Å²) in [5.41, 5.74) is 5.94. The van der Waals surface area contributed by atoms with Gasteiger partial charge in [0.05, 0.1) is 4.99 Å². The van der Waals surface area contributed by atoms with Crippen LogP contribution in [0.4, 0.5) is 0 Å². The van der Waals surface area contributed by atoms with Crippen LogP contribution in [0.3, 0.4) is 0 Å². The molecule has 1 fully saturated rings. The van der Waals surface area contributed by atoms with E-state index in [2.05, 4.69) is 9.68 Å². The highest BCUT2D eigenvalue weighted by atomic mass is 32.1. The van der Waals surface area contributed by atoms with Crippen molar-refractivity contribution in [2.24, 2.45) is 11.1 Å². The lowest BCUT2D eigenvalue weighted by atomic mass is 9.80. The molecule has 2 rings (SSSR count). The molecule has 0 bridgehead atoms. The summed E-state index contributed by atoms with van der Waals surface area (Å²) >= 11 is 5.06. The molecular formula is C11H15N3O2S. The number of carbonyl (C=O) groups excluding carboxylic acids is 1. The fourth-order valence-electron chi connectivity index (χ4n) is 1.93. The number of thiocarbonyl (C=S) groups is 1. The molecule has 0 radical (unpaired) electrons. The first-order valence-electron chi connectivity index (χ1n) is 5.52. The molecule has 1 saturated heterocycles. The van der Waals surface area contributed by atoms with Gasteiger partial charge in [-0.2, -0.15) is 0 Å². The molecule has 1 amide bonds. The summed E-state index contributed by atoms with van der Waals surface area (Å²) in [6.45, 7) is 3.35. The number of hydrogen-bond donors (Lipinski definition) is 1.